The number of hydrogen-bond acceptors (Lipinski definition) is 3. The number of amides is 1. The van der Waals surface area contributed by atoms with Crippen LogP contribution in [0.15, 0.2) is 28.7 Å². The minimum Gasteiger partial charge on any atom is -0.394 e. The summed E-state index contributed by atoms with van der Waals surface area (Å²) < 4.78 is 1.01. The van der Waals surface area contributed by atoms with Gasteiger partial charge < -0.3 is 16.2 Å². The average Bonchev–Trinajstić information content (AvgIpc) is 2.35. The van der Waals surface area contributed by atoms with Gasteiger partial charge in [-0.05, 0) is 11.6 Å². The Labute approximate surface area is 116 Å². The van der Waals surface area contributed by atoms with Crippen LogP contribution in [0.5, 0.6) is 0 Å². The van der Waals surface area contributed by atoms with E-state index in [0.717, 1.165) is 10.0 Å². The molecule has 0 bridgehead atoms. The molecule has 4 nitrogen and oxygen atoms in total. The lowest BCUT2D eigenvalue weighted by atomic mass is 9.84. The van der Waals surface area contributed by atoms with Gasteiger partial charge in [0.15, 0.2) is 0 Å². The van der Waals surface area contributed by atoms with Gasteiger partial charge in [-0.25, -0.2) is 0 Å². The first kappa shape index (κ1) is 15.1. The van der Waals surface area contributed by atoms with Crippen molar-refractivity contribution in [1.82, 2.24) is 5.32 Å². The van der Waals surface area contributed by atoms with Crippen molar-refractivity contribution in [2.24, 2.45) is 5.73 Å². The molecule has 4 N–H and O–H groups in total. The molecular weight excluding hydrogens is 296 g/mol. The smallest absolute Gasteiger partial charge is 0.239 e. The van der Waals surface area contributed by atoms with E-state index < -0.39 is 6.04 Å². The molecule has 0 heterocycles. The molecule has 0 aliphatic heterocycles. The lowest BCUT2D eigenvalue weighted by Crippen LogP contribution is -2.46. The van der Waals surface area contributed by atoms with E-state index in [2.05, 4.69) is 21.2 Å². The molecule has 0 spiro atoms. The minimum absolute atomic E-state index is 0.217. The molecule has 0 aliphatic carbocycles. The van der Waals surface area contributed by atoms with E-state index in [0.29, 0.717) is 6.54 Å². The molecule has 0 saturated heterocycles. The second-order valence-electron chi connectivity index (χ2n) is 4.87. The van der Waals surface area contributed by atoms with E-state index in [-0.39, 0.29) is 17.9 Å². The van der Waals surface area contributed by atoms with Crippen LogP contribution < -0.4 is 11.1 Å². The van der Waals surface area contributed by atoms with Crippen LogP contribution >= 0.6 is 15.9 Å². The summed E-state index contributed by atoms with van der Waals surface area (Å²) in [7, 11) is 0. The quantitative estimate of drug-likeness (QED) is 0.763. The van der Waals surface area contributed by atoms with Crippen LogP contribution in [0.4, 0.5) is 0 Å². The summed E-state index contributed by atoms with van der Waals surface area (Å²) in [6.07, 6.45) is 0. The van der Waals surface area contributed by atoms with Gasteiger partial charge in [0.25, 0.3) is 0 Å². The van der Waals surface area contributed by atoms with Gasteiger partial charge in [-0.3, -0.25) is 4.79 Å². The molecule has 1 aromatic carbocycles. The predicted octanol–water partition coefficient (Wildman–Crippen LogP) is 1.16. The Balaban J connectivity index is 2.71. The normalized spacial score (nSPS) is 13.2. The number of hydrogen-bond donors (Lipinski definition) is 3. The lowest BCUT2D eigenvalue weighted by molar-refractivity contribution is -0.123. The molecule has 0 aromatic heterocycles. The summed E-state index contributed by atoms with van der Waals surface area (Å²) in [6.45, 7) is 4.19. The van der Waals surface area contributed by atoms with Crippen molar-refractivity contribution in [1.29, 1.82) is 0 Å². The van der Waals surface area contributed by atoms with Crippen molar-refractivity contribution in [2.45, 2.75) is 25.3 Å². The fourth-order valence-electron chi connectivity index (χ4n) is 1.63. The maximum absolute atomic E-state index is 11.5. The minimum atomic E-state index is -0.861. The second kappa shape index (κ2) is 6.31. The Bertz CT molecular complexity index is 421. The fourth-order valence-corrected chi connectivity index (χ4v) is 2.45. The summed E-state index contributed by atoms with van der Waals surface area (Å²) in [4.78, 5) is 11.5. The van der Waals surface area contributed by atoms with Crippen molar-refractivity contribution in [3.05, 3.63) is 34.3 Å². The maximum Gasteiger partial charge on any atom is 0.239 e. The molecule has 0 aliphatic rings. The van der Waals surface area contributed by atoms with Crippen molar-refractivity contribution in [3.63, 3.8) is 0 Å². The number of rotatable bonds is 5. The molecular formula is C13H19BrN2O2. The van der Waals surface area contributed by atoms with Crippen molar-refractivity contribution in [2.75, 3.05) is 13.2 Å². The molecule has 1 atom stereocenters. The van der Waals surface area contributed by atoms with Gasteiger partial charge in [0.2, 0.25) is 5.91 Å². The number of aliphatic hydroxyl groups excluding tert-OH is 1. The highest BCUT2D eigenvalue weighted by molar-refractivity contribution is 9.10. The summed E-state index contributed by atoms with van der Waals surface area (Å²) >= 11 is 3.50. The highest BCUT2D eigenvalue weighted by Crippen LogP contribution is 2.29. The zero-order valence-electron chi connectivity index (χ0n) is 10.6. The Kier molecular flexibility index (Phi) is 5.31. The van der Waals surface area contributed by atoms with Crippen molar-refractivity contribution in [3.8, 4) is 0 Å². The maximum atomic E-state index is 11.5. The van der Waals surface area contributed by atoms with Crippen LogP contribution in [0.1, 0.15) is 19.4 Å². The van der Waals surface area contributed by atoms with Gasteiger partial charge in [-0.1, -0.05) is 48.0 Å². The van der Waals surface area contributed by atoms with Gasteiger partial charge in [0.1, 0.15) is 6.04 Å². The molecule has 18 heavy (non-hydrogen) atoms. The zero-order valence-corrected chi connectivity index (χ0v) is 12.2. The van der Waals surface area contributed by atoms with Crippen molar-refractivity contribution >= 4 is 21.8 Å². The Morgan fingerprint density at radius 3 is 2.67 bits per heavy atom. The molecule has 1 rings (SSSR count). The van der Waals surface area contributed by atoms with E-state index in [4.69, 9.17) is 10.8 Å². The molecule has 0 radical (unpaired) electrons. The van der Waals surface area contributed by atoms with Crippen LogP contribution in [-0.2, 0) is 10.2 Å². The molecule has 5 heteroatoms. The standard InChI is InChI=1S/C13H19BrN2O2/c1-13(2,8-16-12(18)11(15)7-17)9-5-3-4-6-10(9)14/h3-6,11,17H,7-8,15H2,1-2H3,(H,16,18). The first-order chi connectivity index (χ1) is 8.38. The molecule has 0 saturated carbocycles. The van der Waals surface area contributed by atoms with Gasteiger partial charge in [0, 0.05) is 16.4 Å². The lowest BCUT2D eigenvalue weighted by Gasteiger charge is -2.27. The Morgan fingerprint density at radius 2 is 2.11 bits per heavy atom. The predicted molar refractivity (Wildman–Crippen MR) is 75.2 cm³/mol. The van der Waals surface area contributed by atoms with Gasteiger partial charge >= 0.3 is 0 Å². The molecule has 0 fully saturated rings. The second-order valence-corrected chi connectivity index (χ2v) is 5.72. The van der Waals surface area contributed by atoms with E-state index in [1.165, 1.54) is 0 Å². The zero-order chi connectivity index (χ0) is 13.8. The SMILES string of the molecule is CC(C)(CNC(=O)C(N)CO)c1ccccc1Br. The van der Waals surface area contributed by atoms with E-state index in [1.807, 2.05) is 38.1 Å². The Hall–Kier alpha value is -0.910. The monoisotopic (exact) mass is 314 g/mol. The van der Waals surface area contributed by atoms with Crippen LogP contribution in [0.25, 0.3) is 0 Å². The fraction of sp³-hybridized carbons (Fsp3) is 0.462. The molecule has 1 unspecified atom stereocenters. The summed E-state index contributed by atoms with van der Waals surface area (Å²) in [5.41, 5.74) is 6.34. The third-order valence-corrected chi connectivity index (χ3v) is 3.53. The number of nitrogens with one attached hydrogen (secondary N) is 1. The van der Waals surface area contributed by atoms with Crippen LogP contribution in [0.3, 0.4) is 0 Å². The molecule has 1 aromatic rings. The third-order valence-electron chi connectivity index (χ3n) is 2.84. The van der Waals surface area contributed by atoms with E-state index in [9.17, 15) is 4.79 Å². The van der Waals surface area contributed by atoms with Crippen LogP contribution in [-0.4, -0.2) is 30.2 Å². The number of halogens is 1. The van der Waals surface area contributed by atoms with Gasteiger partial charge in [0.05, 0.1) is 6.61 Å². The number of carbonyl (C=O) groups excluding carboxylic acids is 1. The summed E-state index contributed by atoms with van der Waals surface area (Å²) in [5, 5.41) is 11.6. The topological polar surface area (TPSA) is 75.4 Å². The van der Waals surface area contributed by atoms with Gasteiger partial charge in [-0.2, -0.15) is 0 Å². The summed E-state index contributed by atoms with van der Waals surface area (Å²) in [6, 6.07) is 7.04. The number of carbonyl (C=O) groups is 1. The largest absolute Gasteiger partial charge is 0.394 e. The summed E-state index contributed by atoms with van der Waals surface area (Å²) in [5.74, 6) is -0.336. The Morgan fingerprint density at radius 1 is 1.50 bits per heavy atom. The molecule has 1 amide bonds. The highest BCUT2D eigenvalue weighted by atomic mass is 79.9. The first-order valence-corrected chi connectivity index (χ1v) is 6.57. The van der Waals surface area contributed by atoms with Crippen molar-refractivity contribution < 1.29 is 9.90 Å². The van der Waals surface area contributed by atoms with E-state index in [1.54, 1.807) is 0 Å². The first-order valence-electron chi connectivity index (χ1n) is 5.77. The van der Waals surface area contributed by atoms with Crippen LogP contribution in [0, 0.1) is 0 Å². The highest BCUT2D eigenvalue weighted by Gasteiger charge is 2.24. The number of aliphatic hydroxyl groups is 1. The number of nitrogens with two attached hydrogens (primary N) is 1. The third kappa shape index (κ3) is 3.80. The van der Waals surface area contributed by atoms with Crippen LogP contribution in [0.2, 0.25) is 0 Å². The molecule has 100 valence electrons. The van der Waals surface area contributed by atoms with E-state index >= 15 is 0 Å². The van der Waals surface area contributed by atoms with Gasteiger partial charge in [-0.15, -0.1) is 0 Å². The number of benzene rings is 1. The average molecular weight is 315 g/mol.